The fourth-order valence-electron chi connectivity index (χ4n) is 3.45. The van der Waals surface area contributed by atoms with Crippen molar-refractivity contribution in [2.75, 3.05) is 26.3 Å². The van der Waals surface area contributed by atoms with Crippen LogP contribution in [0, 0.1) is 30.6 Å². The van der Waals surface area contributed by atoms with E-state index in [1.807, 2.05) is 25.4 Å². The van der Waals surface area contributed by atoms with Crippen molar-refractivity contribution in [2.45, 2.75) is 40.5 Å². The van der Waals surface area contributed by atoms with Crippen LogP contribution in [0.25, 0.3) is 0 Å². The molecule has 1 aromatic rings. The van der Waals surface area contributed by atoms with E-state index >= 15 is 0 Å². The molecule has 0 saturated carbocycles. The van der Waals surface area contributed by atoms with E-state index in [4.69, 9.17) is 16.2 Å². The fraction of sp³-hybridized carbons (Fsp3) is 0.545. The van der Waals surface area contributed by atoms with E-state index in [1.165, 1.54) is 17.6 Å². The summed E-state index contributed by atoms with van der Waals surface area (Å²) in [4.78, 5) is 8.10. The Morgan fingerprint density at radius 1 is 1.39 bits per heavy atom. The largest absolute Gasteiger partial charge is 0.381 e. The highest BCUT2D eigenvalue weighted by Crippen LogP contribution is 2.30. The van der Waals surface area contributed by atoms with Crippen LogP contribution in [0.5, 0.6) is 0 Å². The second-order valence-corrected chi connectivity index (χ2v) is 9.40. The van der Waals surface area contributed by atoms with Crippen molar-refractivity contribution >= 4 is 17.8 Å². The number of hydrogen-bond donors (Lipinski definition) is 0. The normalized spacial score (nSPS) is 20.5. The summed E-state index contributed by atoms with van der Waals surface area (Å²) in [5.41, 5.74) is 2.34. The number of aryl methyl sites for hydroxylation is 1. The summed E-state index contributed by atoms with van der Waals surface area (Å²) in [6, 6.07) is 0. The van der Waals surface area contributed by atoms with Crippen molar-refractivity contribution < 1.29 is 4.74 Å². The van der Waals surface area contributed by atoms with Crippen LogP contribution in [0.4, 0.5) is 0 Å². The van der Waals surface area contributed by atoms with Gasteiger partial charge >= 0.3 is 0 Å². The number of rotatable bonds is 5. The van der Waals surface area contributed by atoms with E-state index in [-0.39, 0.29) is 5.41 Å². The first-order valence-electron chi connectivity index (χ1n) is 9.84. The first kappa shape index (κ1) is 20.8. The van der Waals surface area contributed by atoms with Gasteiger partial charge in [-0.1, -0.05) is 26.7 Å². The molecule has 1 aromatic heterocycles. The molecule has 0 aliphatic carbocycles. The Hall–Kier alpha value is -1.97. The lowest BCUT2D eigenvalue weighted by Crippen LogP contribution is -2.39. The SMILES string of the molecule is C#C/C(=C\C=C1/CN=C(C(C)(C)C)N1CC1CCOCC1)Sn1cc(C)cn1. The molecule has 0 bridgehead atoms. The van der Waals surface area contributed by atoms with Gasteiger partial charge in [-0.15, -0.1) is 6.42 Å². The molecule has 1 fully saturated rings. The fourth-order valence-corrected chi connectivity index (χ4v) is 4.15. The van der Waals surface area contributed by atoms with Crippen LogP contribution in [0.1, 0.15) is 39.2 Å². The molecule has 0 aromatic carbocycles. The van der Waals surface area contributed by atoms with Crippen LogP contribution < -0.4 is 0 Å². The van der Waals surface area contributed by atoms with Crippen molar-refractivity contribution in [1.29, 1.82) is 0 Å². The maximum absolute atomic E-state index is 5.73. The molecule has 3 heterocycles. The zero-order chi connectivity index (χ0) is 20.1. The van der Waals surface area contributed by atoms with Crippen LogP contribution in [0.2, 0.25) is 0 Å². The van der Waals surface area contributed by atoms with Gasteiger partial charge in [0.1, 0.15) is 5.84 Å². The van der Waals surface area contributed by atoms with Gasteiger partial charge in [-0.2, -0.15) is 5.10 Å². The minimum absolute atomic E-state index is 0.0146. The molecule has 2 aliphatic rings. The smallest absolute Gasteiger partial charge is 0.109 e. The van der Waals surface area contributed by atoms with Crippen molar-refractivity contribution in [3.8, 4) is 12.3 Å². The minimum atomic E-state index is 0.0146. The number of ether oxygens (including phenoxy) is 1. The average Bonchev–Trinajstić information content (AvgIpc) is 3.25. The second-order valence-electron chi connectivity index (χ2n) is 8.40. The number of hydrogen-bond acceptors (Lipinski definition) is 5. The van der Waals surface area contributed by atoms with Gasteiger partial charge in [0.05, 0.1) is 17.6 Å². The van der Waals surface area contributed by atoms with Gasteiger partial charge in [-0.3, -0.25) is 4.99 Å². The van der Waals surface area contributed by atoms with Crippen LogP contribution in [-0.4, -0.2) is 46.2 Å². The summed E-state index contributed by atoms with van der Waals surface area (Å²) >= 11 is 1.45. The molecule has 150 valence electrons. The molecular formula is C22H30N4OS. The monoisotopic (exact) mass is 398 g/mol. The van der Waals surface area contributed by atoms with Gasteiger partial charge in [-0.25, -0.2) is 4.09 Å². The molecule has 0 radical (unpaired) electrons. The zero-order valence-electron chi connectivity index (χ0n) is 17.3. The maximum atomic E-state index is 5.73. The topological polar surface area (TPSA) is 42.6 Å². The molecule has 3 rings (SSSR count). The second kappa shape index (κ2) is 9.02. The summed E-state index contributed by atoms with van der Waals surface area (Å²) in [5.74, 6) is 4.57. The van der Waals surface area contributed by atoms with E-state index in [2.05, 4.69) is 42.8 Å². The van der Waals surface area contributed by atoms with Crippen molar-refractivity contribution in [3.05, 3.63) is 40.7 Å². The van der Waals surface area contributed by atoms with Crippen LogP contribution in [-0.2, 0) is 4.74 Å². The summed E-state index contributed by atoms with van der Waals surface area (Å²) in [7, 11) is 0. The Labute approximate surface area is 173 Å². The van der Waals surface area contributed by atoms with E-state index in [1.54, 1.807) is 4.09 Å². The lowest BCUT2D eigenvalue weighted by atomic mass is 9.92. The molecule has 2 aliphatic heterocycles. The summed E-state index contributed by atoms with van der Waals surface area (Å²) in [5, 5.41) is 4.30. The minimum Gasteiger partial charge on any atom is -0.381 e. The molecule has 0 atom stereocenters. The Kier molecular flexibility index (Phi) is 6.69. The van der Waals surface area contributed by atoms with Crippen LogP contribution >= 0.6 is 11.9 Å². The van der Waals surface area contributed by atoms with Gasteiger partial charge in [0.2, 0.25) is 0 Å². The number of nitrogens with zero attached hydrogens (tertiary/aromatic N) is 4. The van der Waals surface area contributed by atoms with Gasteiger partial charge in [0.15, 0.2) is 0 Å². The van der Waals surface area contributed by atoms with Crippen LogP contribution in [0.3, 0.4) is 0 Å². The molecule has 0 unspecified atom stereocenters. The molecule has 5 nitrogen and oxygen atoms in total. The van der Waals surface area contributed by atoms with E-state index in [0.29, 0.717) is 12.5 Å². The van der Waals surface area contributed by atoms with Crippen molar-refractivity contribution in [2.24, 2.45) is 16.3 Å². The van der Waals surface area contributed by atoms with Crippen molar-refractivity contribution in [3.63, 3.8) is 0 Å². The first-order valence-corrected chi connectivity index (χ1v) is 10.6. The third-order valence-corrected chi connectivity index (χ3v) is 5.73. The van der Waals surface area contributed by atoms with E-state index in [9.17, 15) is 0 Å². The number of terminal acetylenes is 1. The van der Waals surface area contributed by atoms with Gasteiger partial charge in [0, 0.05) is 49.0 Å². The molecule has 1 saturated heterocycles. The molecule has 0 amide bonds. The number of allylic oxidation sites excluding steroid dienone is 3. The molecule has 6 heteroatoms. The summed E-state index contributed by atoms with van der Waals surface area (Å²) in [6.45, 7) is 12.1. The molecule has 0 N–H and O–H groups in total. The maximum Gasteiger partial charge on any atom is 0.109 e. The lowest BCUT2D eigenvalue weighted by molar-refractivity contribution is 0.0615. The third-order valence-electron chi connectivity index (χ3n) is 4.90. The average molecular weight is 399 g/mol. The Balaban J connectivity index is 1.78. The van der Waals surface area contributed by atoms with E-state index in [0.717, 1.165) is 48.9 Å². The Morgan fingerprint density at radius 2 is 2.14 bits per heavy atom. The van der Waals surface area contributed by atoms with Gasteiger partial charge in [0.25, 0.3) is 0 Å². The van der Waals surface area contributed by atoms with Gasteiger partial charge < -0.3 is 9.64 Å². The Bertz CT molecular complexity index is 816. The zero-order valence-corrected chi connectivity index (χ0v) is 18.1. The highest BCUT2D eigenvalue weighted by molar-refractivity contribution is 8.01. The van der Waals surface area contributed by atoms with Crippen LogP contribution in [0.15, 0.2) is 40.1 Å². The predicted molar refractivity (Wildman–Crippen MR) is 117 cm³/mol. The highest BCUT2D eigenvalue weighted by Gasteiger charge is 2.32. The quantitative estimate of drug-likeness (QED) is 0.695. The molecule has 0 spiro atoms. The third kappa shape index (κ3) is 5.30. The summed E-state index contributed by atoms with van der Waals surface area (Å²) in [6.07, 6.45) is 15.9. The Morgan fingerprint density at radius 3 is 2.75 bits per heavy atom. The van der Waals surface area contributed by atoms with E-state index < -0.39 is 0 Å². The standard InChI is InChI=1S/C22H30N4OS/c1-6-20(28-26-15-17(2)13-24-26)8-7-19-14-23-21(22(3,4)5)25(19)16-18-9-11-27-12-10-18/h1,7-8,13,15,18H,9-12,14,16H2,2-5H3/b19-7+,20-8+. The lowest BCUT2D eigenvalue weighted by Gasteiger charge is -2.34. The predicted octanol–water partition coefficient (Wildman–Crippen LogP) is 4.28. The number of amidine groups is 1. The highest BCUT2D eigenvalue weighted by atomic mass is 32.2. The number of aliphatic imine (C=N–C) groups is 1. The molecular weight excluding hydrogens is 368 g/mol. The van der Waals surface area contributed by atoms with Crippen molar-refractivity contribution in [1.82, 2.24) is 14.1 Å². The first-order chi connectivity index (χ1) is 13.4. The molecule has 28 heavy (non-hydrogen) atoms. The van der Waals surface area contributed by atoms with Gasteiger partial charge in [-0.05, 0) is 43.4 Å². The summed E-state index contributed by atoms with van der Waals surface area (Å²) < 4.78 is 7.33. The number of aromatic nitrogens is 2.